The van der Waals surface area contributed by atoms with Crippen molar-refractivity contribution in [1.29, 1.82) is 0 Å². The van der Waals surface area contributed by atoms with Gasteiger partial charge in [0.25, 0.3) is 5.56 Å². The molecule has 0 saturated carbocycles. The number of fused-ring (bicyclic) bond motifs is 1. The smallest absolute Gasteiger partial charge is 0.254 e. The second-order valence-corrected chi connectivity index (χ2v) is 7.60. The number of hydrogen-bond acceptors (Lipinski definition) is 4. The number of piperidine rings is 1. The number of likely N-dealkylation sites (tertiary alicyclic amines) is 1. The van der Waals surface area contributed by atoms with E-state index in [1.54, 1.807) is 0 Å². The molecule has 1 fully saturated rings. The van der Waals surface area contributed by atoms with Gasteiger partial charge in [-0.25, -0.2) is 4.98 Å². The number of hydrogen-bond donors (Lipinski definition) is 1. The maximum Gasteiger partial charge on any atom is 0.254 e. The van der Waals surface area contributed by atoms with Crippen molar-refractivity contribution in [3.8, 4) is 0 Å². The van der Waals surface area contributed by atoms with E-state index in [2.05, 4.69) is 23.7 Å². The molecule has 0 aliphatic carbocycles. The molecule has 2 aliphatic heterocycles. The first-order valence-corrected chi connectivity index (χ1v) is 9.63. The Morgan fingerprint density at radius 2 is 2.00 bits per heavy atom. The minimum Gasteiger partial charge on any atom is -0.343 e. The number of rotatable bonds is 4. The van der Waals surface area contributed by atoms with Gasteiger partial charge >= 0.3 is 0 Å². The fraction of sp³-hybridized carbons (Fsp3) is 0.737. The van der Waals surface area contributed by atoms with Crippen LogP contribution in [0.5, 0.6) is 0 Å². The molecule has 1 N–H and O–H groups in total. The highest BCUT2D eigenvalue weighted by Crippen LogP contribution is 2.27. The zero-order chi connectivity index (χ0) is 18.0. The van der Waals surface area contributed by atoms with E-state index in [1.165, 1.54) is 0 Å². The number of amides is 1. The van der Waals surface area contributed by atoms with Crippen LogP contribution >= 0.6 is 0 Å². The predicted molar refractivity (Wildman–Crippen MR) is 97.6 cm³/mol. The van der Waals surface area contributed by atoms with Crippen molar-refractivity contribution in [1.82, 2.24) is 19.8 Å². The van der Waals surface area contributed by atoms with Crippen LogP contribution in [0.2, 0.25) is 0 Å². The lowest BCUT2D eigenvalue weighted by Gasteiger charge is -2.33. The van der Waals surface area contributed by atoms with Gasteiger partial charge in [-0.15, -0.1) is 0 Å². The molecule has 3 heterocycles. The largest absolute Gasteiger partial charge is 0.343 e. The maximum absolute atomic E-state index is 12.5. The number of carbonyl (C=O) groups excluding carboxylic acids is 1. The summed E-state index contributed by atoms with van der Waals surface area (Å²) in [5, 5.41) is 0. The third-order valence-corrected chi connectivity index (χ3v) is 5.55. The lowest BCUT2D eigenvalue weighted by atomic mass is 9.95. The fourth-order valence-corrected chi connectivity index (χ4v) is 3.89. The van der Waals surface area contributed by atoms with Crippen LogP contribution in [-0.2, 0) is 17.8 Å². The molecule has 0 spiro atoms. The first-order chi connectivity index (χ1) is 12.0. The van der Waals surface area contributed by atoms with Crippen molar-refractivity contribution in [3.63, 3.8) is 0 Å². The number of aromatic amines is 1. The zero-order valence-electron chi connectivity index (χ0n) is 15.7. The van der Waals surface area contributed by atoms with Crippen molar-refractivity contribution >= 4 is 5.91 Å². The average Bonchev–Trinajstić information content (AvgIpc) is 2.61. The monoisotopic (exact) mass is 346 g/mol. The molecule has 3 rings (SSSR count). The SMILES string of the molecule is CCCC(=O)N1CCC(c2nc3c(c(=O)[nH]2)CCN(C(C)C)C3)CC1. The minimum absolute atomic E-state index is 0.0351. The highest BCUT2D eigenvalue weighted by atomic mass is 16.2. The first kappa shape index (κ1) is 18.1. The van der Waals surface area contributed by atoms with Gasteiger partial charge in [-0.05, 0) is 39.5 Å². The number of H-pyrrole nitrogens is 1. The van der Waals surface area contributed by atoms with E-state index < -0.39 is 0 Å². The Balaban J connectivity index is 1.72. The van der Waals surface area contributed by atoms with Crippen LogP contribution < -0.4 is 5.56 Å². The van der Waals surface area contributed by atoms with Crippen molar-refractivity contribution in [2.75, 3.05) is 19.6 Å². The molecule has 0 bridgehead atoms. The quantitative estimate of drug-likeness (QED) is 0.906. The Labute approximate surface area is 149 Å². The number of carbonyl (C=O) groups is 1. The molecule has 0 aromatic carbocycles. The van der Waals surface area contributed by atoms with Gasteiger partial charge in [0, 0.05) is 50.1 Å². The highest BCUT2D eigenvalue weighted by molar-refractivity contribution is 5.76. The number of nitrogens with one attached hydrogen (secondary N) is 1. The lowest BCUT2D eigenvalue weighted by molar-refractivity contribution is -0.132. The number of aromatic nitrogens is 2. The van der Waals surface area contributed by atoms with Crippen molar-refractivity contribution in [2.45, 2.75) is 71.4 Å². The van der Waals surface area contributed by atoms with Crippen molar-refractivity contribution < 1.29 is 4.79 Å². The molecule has 1 aromatic heterocycles. The highest BCUT2D eigenvalue weighted by Gasteiger charge is 2.27. The zero-order valence-corrected chi connectivity index (χ0v) is 15.7. The Kier molecular flexibility index (Phi) is 5.57. The molecular formula is C19H30N4O2. The van der Waals surface area contributed by atoms with Gasteiger partial charge in [0.1, 0.15) is 5.82 Å². The third kappa shape index (κ3) is 3.94. The van der Waals surface area contributed by atoms with Gasteiger partial charge in [0.2, 0.25) is 5.91 Å². The van der Waals surface area contributed by atoms with Crippen molar-refractivity contribution in [3.05, 3.63) is 27.4 Å². The third-order valence-electron chi connectivity index (χ3n) is 5.55. The molecule has 1 saturated heterocycles. The molecule has 6 nitrogen and oxygen atoms in total. The maximum atomic E-state index is 12.5. The van der Waals surface area contributed by atoms with Crippen LogP contribution in [0.15, 0.2) is 4.79 Å². The molecule has 0 atom stereocenters. The van der Waals surface area contributed by atoms with Crippen LogP contribution in [0.4, 0.5) is 0 Å². The molecule has 0 unspecified atom stereocenters. The predicted octanol–water partition coefficient (Wildman–Crippen LogP) is 2.04. The number of nitrogens with zero attached hydrogens (tertiary/aromatic N) is 3. The normalized spacial score (nSPS) is 19.3. The minimum atomic E-state index is 0.0351. The van der Waals surface area contributed by atoms with Crippen molar-refractivity contribution in [2.24, 2.45) is 0 Å². The molecule has 0 radical (unpaired) electrons. The Morgan fingerprint density at radius 1 is 1.28 bits per heavy atom. The van der Waals surface area contributed by atoms with Gasteiger partial charge in [-0.1, -0.05) is 6.92 Å². The van der Waals surface area contributed by atoms with Gasteiger partial charge in [0.15, 0.2) is 0 Å². The van der Waals surface area contributed by atoms with Crippen LogP contribution in [-0.4, -0.2) is 51.4 Å². The molecule has 138 valence electrons. The van der Waals surface area contributed by atoms with E-state index in [9.17, 15) is 9.59 Å². The second kappa shape index (κ2) is 7.68. The van der Waals surface area contributed by atoms with Crippen LogP contribution in [0.1, 0.15) is 69.5 Å². The van der Waals surface area contributed by atoms with E-state index in [4.69, 9.17) is 4.98 Å². The van der Waals surface area contributed by atoms with Gasteiger partial charge in [0.05, 0.1) is 5.69 Å². The molecule has 1 aromatic rings. The van der Waals surface area contributed by atoms with E-state index in [-0.39, 0.29) is 17.4 Å². The van der Waals surface area contributed by atoms with E-state index in [1.807, 2.05) is 11.8 Å². The molecule has 25 heavy (non-hydrogen) atoms. The summed E-state index contributed by atoms with van der Waals surface area (Å²) in [6.07, 6.45) is 4.06. The summed E-state index contributed by atoms with van der Waals surface area (Å²) in [6, 6.07) is 0.463. The Hall–Kier alpha value is -1.69. The van der Waals surface area contributed by atoms with Crippen LogP contribution in [0, 0.1) is 0 Å². The standard InChI is InChI=1S/C19H30N4O2/c1-4-5-17(24)22-9-6-14(7-10-22)18-20-16-12-23(13(2)3)11-8-15(16)19(25)21-18/h13-14H,4-12H2,1-3H3,(H,20,21,25). The summed E-state index contributed by atoms with van der Waals surface area (Å²) in [5.74, 6) is 1.32. The average molecular weight is 346 g/mol. The lowest BCUT2D eigenvalue weighted by Crippen LogP contribution is -2.41. The Bertz CT molecular complexity index is 674. The van der Waals surface area contributed by atoms with Crippen LogP contribution in [0.25, 0.3) is 0 Å². The summed E-state index contributed by atoms with van der Waals surface area (Å²) in [6.45, 7) is 9.62. The van der Waals surface area contributed by atoms with E-state index in [0.717, 1.165) is 68.9 Å². The molecule has 2 aliphatic rings. The second-order valence-electron chi connectivity index (χ2n) is 7.60. The summed E-state index contributed by atoms with van der Waals surface area (Å²) >= 11 is 0. The summed E-state index contributed by atoms with van der Waals surface area (Å²) < 4.78 is 0. The summed E-state index contributed by atoms with van der Waals surface area (Å²) in [5.41, 5.74) is 1.84. The van der Waals surface area contributed by atoms with E-state index in [0.29, 0.717) is 12.5 Å². The fourth-order valence-electron chi connectivity index (χ4n) is 3.89. The molecule has 1 amide bonds. The Morgan fingerprint density at radius 3 is 2.64 bits per heavy atom. The van der Waals surface area contributed by atoms with Gasteiger partial charge in [-0.3, -0.25) is 14.5 Å². The topological polar surface area (TPSA) is 69.3 Å². The molecular weight excluding hydrogens is 316 g/mol. The van der Waals surface area contributed by atoms with Gasteiger partial charge < -0.3 is 9.88 Å². The van der Waals surface area contributed by atoms with Crippen LogP contribution in [0.3, 0.4) is 0 Å². The van der Waals surface area contributed by atoms with Gasteiger partial charge in [-0.2, -0.15) is 0 Å². The first-order valence-electron chi connectivity index (χ1n) is 9.63. The van der Waals surface area contributed by atoms with E-state index >= 15 is 0 Å². The summed E-state index contributed by atoms with van der Waals surface area (Å²) in [7, 11) is 0. The molecule has 6 heteroatoms. The summed E-state index contributed by atoms with van der Waals surface area (Å²) in [4.78, 5) is 36.7.